The summed E-state index contributed by atoms with van der Waals surface area (Å²) in [6.45, 7) is 2.72. The number of ether oxygens (including phenoxy) is 2. The fourth-order valence-electron chi connectivity index (χ4n) is 3.44. The van der Waals surface area contributed by atoms with Crippen LogP contribution in [0.2, 0.25) is 0 Å². The molecule has 0 aliphatic carbocycles. The molecule has 7 heteroatoms. The van der Waals surface area contributed by atoms with Crippen molar-refractivity contribution in [1.29, 1.82) is 0 Å². The highest BCUT2D eigenvalue weighted by Crippen LogP contribution is 2.36. The Morgan fingerprint density at radius 2 is 2.12 bits per heavy atom. The van der Waals surface area contributed by atoms with Crippen molar-refractivity contribution in [1.82, 2.24) is 9.80 Å². The van der Waals surface area contributed by atoms with Gasteiger partial charge in [-0.1, -0.05) is 6.07 Å². The van der Waals surface area contributed by atoms with Crippen LogP contribution in [-0.2, 0) is 20.8 Å². The Balaban J connectivity index is 1.48. The van der Waals surface area contributed by atoms with Crippen LogP contribution in [0.15, 0.2) is 18.2 Å². The van der Waals surface area contributed by atoms with Crippen molar-refractivity contribution < 1.29 is 23.0 Å². The minimum Gasteiger partial charge on any atom is -0.372 e. The van der Waals surface area contributed by atoms with E-state index in [4.69, 9.17) is 9.47 Å². The molecule has 0 bridgehead atoms. The molecule has 0 saturated carbocycles. The molecule has 1 aromatic rings. The first-order chi connectivity index (χ1) is 11.9. The largest absolute Gasteiger partial charge is 0.372 e. The molecule has 1 atom stereocenters. The normalized spacial score (nSPS) is 22.6. The molecule has 3 rings (SSSR count). The van der Waals surface area contributed by atoms with Crippen LogP contribution < -0.4 is 0 Å². The average molecular weight is 354 g/mol. The number of nitrogens with zero attached hydrogens (tertiary/aromatic N) is 2. The third kappa shape index (κ3) is 4.34. The Bertz CT molecular complexity index is 633. The Labute approximate surface area is 146 Å². The zero-order valence-electron chi connectivity index (χ0n) is 14.6. The van der Waals surface area contributed by atoms with E-state index in [1.165, 1.54) is 11.0 Å². The molecule has 1 unspecified atom stereocenters. The summed E-state index contributed by atoms with van der Waals surface area (Å²) in [5.41, 5.74) is 0.497. The van der Waals surface area contributed by atoms with Gasteiger partial charge in [-0.3, -0.25) is 9.69 Å². The molecule has 138 valence electrons. The first-order valence-electron chi connectivity index (χ1n) is 8.49. The van der Waals surface area contributed by atoms with Gasteiger partial charge in [-0.05, 0) is 24.1 Å². The minimum atomic E-state index is -0.827. The molecule has 1 spiro atoms. The van der Waals surface area contributed by atoms with Crippen molar-refractivity contribution >= 4 is 5.91 Å². The van der Waals surface area contributed by atoms with E-state index in [9.17, 15) is 13.6 Å². The van der Waals surface area contributed by atoms with Crippen LogP contribution in [0.5, 0.6) is 0 Å². The number of likely N-dealkylation sites (N-methyl/N-ethyl adjacent to an activating group) is 1. The Morgan fingerprint density at radius 3 is 2.80 bits per heavy atom. The number of benzene rings is 1. The lowest BCUT2D eigenvalue weighted by atomic mass is 9.84. The Kier molecular flexibility index (Phi) is 5.36. The SMILES string of the molecule is CN(C)C(=O)COC1CCOC2(C1)CN(Cc1ccc(F)c(F)c1)C2. The van der Waals surface area contributed by atoms with Gasteiger partial charge in [-0.2, -0.15) is 0 Å². The lowest BCUT2D eigenvalue weighted by molar-refractivity contribution is -0.200. The maximum Gasteiger partial charge on any atom is 0.248 e. The highest BCUT2D eigenvalue weighted by Gasteiger charge is 2.47. The van der Waals surface area contributed by atoms with E-state index in [0.717, 1.165) is 37.6 Å². The summed E-state index contributed by atoms with van der Waals surface area (Å²) in [6.07, 6.45) is 1.55. The first-order valence-corrected chi connectivity index (χ1v) is 8.49. The molecular formula is C18H24F2N2O3. The van der Waals surface area contributed by atoms with Gasteiger partial charge in [0.05, 0.1) is 11.7 Å². The van der Waals surface area contributed by atoms with Crippen LogP contribution in [0.1, 0.15) is 18.4 Å². The fraction of sp³-hybridized carbons (Fsp3) is 0.611. The van der Waals surface area contributed by atoms with Gasteiger partial charge in [-0.25, -0.2) is 8.78 Å². The lowest BCUT2D eigenvalue weighted by Crippen LogP contribution is -2.65. The molecule has 2 fully saturated rings. The number of hydrogen-bond donors (Lipinski definition) is 0. The number of carbonyl (C=O) groups is 1. The van der Waals surface area contributed by atoms with Crippen LogP contribution in [-0.4, -0.2) is 67.8 Å². The molecule has 2 aliphatic heterocycles. The van der Waals surface area contributed by atoms with Crippen LogP contribution in [0.25, 0.3) is 0 Å². The molecule has 25 heavy (non-hydrogen) atoms. The summed E-state index contributed by atoms with van der Waals surface area (Å²) < 4.78 is 38.0. The van der Waals surface area contributed by atoms with Crippen LogP contribution in [0.4, 0.5) is 8.78 Å². The summed E-state index contributed by atoms with van der Waals surface area (Å²) in [7, 11) is 3.42. The van der Waals surface area contributed by atoms with E-state index in [1.54, 1.807) is 20.2 Å². The van der Waals surface area contributed by atoms with Gasteiger partial charge in [0.1, 0.15) is 6.61 Å². The third-order valence-electron chi connectivity index (χ3n) is 4.80. The molecule has 0 aromatic heterocycles. The number of carbonyl (C=O) groups excluding carboxylic acids is 1. The van der Waals surface area contributed by atoms with Gasteiger partial charge >= 0.3 is 0 Å². The summed E-state index contributed by atoms with van der Waals surface area (Å²) in [5, 5.41) is 0. The topological polar surface area (TPSA) is 42.0 Å². The summed E-state index contributed by atoms with van der Waals surface area (Å²) in [5.74, 6) is -1.69. The number of halogens is 2. The summed E-state index contributed by atoms with van der Waals surface area (Å²) in [6, 6.07) is 3.99. The predicted octanol–water partition coefficient (Wildman–Crippen LogP) is 1.80. The Hall–Kier alpha value is -1.57. The smallest absolute Gasteiger partial charge is 0.248 e. The highest BCUT2D eigenvalue weighted by molar-refractivity contribution is 5.76. The molecule has 2 heterocycles. The number of rotatable bonds is 5. The number of amides is 1. The molecule has 2 aliphatic rings. The molecular weight excluding hydrogens is 330 g/mol. The standard InChI is InChI=1S/C18H24F2N2O3/c1-21(2)17(23)10-24-14-5-6-25-18(8-14)11-22(12-18)9-13-3-4-15(19)16(20)7-13/h3-4,7,14H,5-6,8-12H2,1-2H3. The lowest BCUT2D eigenvalue weighted by Gasteiger charge is -2.53. The van der Waals surface area contributed by atoms with Gasteiger partial charge in [0.15, 0.2) is 11.6 Å². The van der Waals surface area contributed by atoms with E-state index in [1.807, 2.05) is 0 Å². The first kappa shape index (κ1) is 18.2. The van der Waals surface area contributed by atoms with E-state index in [0.29, 0.717) is 13.2 Å². The van der Waals surface area contributed by atoms with Crippen LogP contribution >= 0.6 is 0 Å². The summed E-state index contributed by atoms with van der Waals surface area (Å²) >= 11 is 0. The fourth-order valence-corrected chi connectivity index (χ4v) is 3.44. The van der Waals surface area contributed by atoms with Crippen molar-refractivity contribution in [2.45, 2.75) is 31.1 Å². The number of hydrogen-bond acceptors (Lipinski definition) is 4. The highest BCUT2D eigenvalue weighted by atomic mass is 19.2. The second-order valence-electron chi connectivity index (χ2n) is 7.14. The molecule has 0 N–H and O–H groups in total. The quantitative estimate of drug-likeness (QED) is 0.809. The van der Waals surface area contributed by atoms with Crippen LogP contribution in [0, 0.1) is 11.6 Å². The molecule has 0 radical (unpaired) electrons. The minimum absolute atomic E-state index is 0.0167. The van der Waals surface area contributed by atoms with E-state index >= 15 is 0 Å². The molecule has 2 saturated heterocycles. The summed E-state index contributed by atoms with van der Waals surface area (Å²) in [4.78, 5) is 15.3. The zero-order valence-corrected chi connectivity index (χ0v) is 14.6. The average Bonchev–Trinajstić information content (AvgIpc) is 2.55. The molecule has 1 aromatic carbocycles. The van der Waals surface area contributed by atoms with Gasteiger partial charge in [0.25, 0.3) is 0 Å². The van der Waals surface area contributed by atoms with E-state index in [2.05, 4.69) is 4.90 Å². The van der Waals surface area contributed by atoms with Crippen molar-refractivity contribution in [3.8, 4) is 0 Å². The Morgan fingerprint density at radius 1 is 1.36 bits per heavy atom. The van der Waals surface area contributed by atoms with Gasteiger partial charge < -0.3 is 14.4 Å². The maximum absolute atomic E-state index is 13.3. The number of likely N-dealkylation sites (tertiary alicyclic amines) is 1. The molecule has 1 amide bonds. The van der Waals surface area contributed by atoms with Crippen molar-refractivity contribution in [3.05, 3.63) is 35.4 Å². The monoisotopic (exact) mass is 354 g/mol. The van der Waals surface area contributed by atoms with Crippen molar-refractivity contribution in [3.63, 3.8) is 0 Å². The van der Waals surface area contributed by atoms with Gasteiger partial charge in [-0.15, -0.1) is 0 Å². The van der Waals surface area contributed by atoms with Crippen LogP contribution in [0.3, 0.4) is 0 Å². The van der Waals surface area contributed by atoms with Crippen molar-refractivity contribution in [2.75, 3.05) is 40.4 Å². The second kappa shape index (κ2) is 7.35. The molecule has 5 nitrogen and oxygen atoms in total. The second-order valence-corrected chi connectivity index (χ2v) is 7.14. The third-order valence-corrected chi connectivity index (χ3v) is 4.80. The van der Waals surface area contributed by atoms with E-state index < -0.39 is 11.6 Å². The van der Waals surface area contributed by atoms with Gasteiger partial charge in [0, 0.05) is 46.8 Å². The maximum atomic E-state index is 13.3. The van der Waals surface area contributed by atoms with E-state index in [-0.39, 0.29) is 24.2 Å². The predicted molar refractivity (Wildman–Crippen MR) is 88.0 cm³/mol. The van der Waals surface area contributed by atoms with Gasteiger partial charge in [0.2, 0.25) is 5.91 Å². The zero-order chi connectivity index (χ0) is 18.0. The van der Waals surface area contributed by atoms with Crippen molar-refractivity contribution in [2.24, 2.45) is 0 Å².